The fourth-order valence-electron chi connectivity index (χ4n) is 2.93. The van der Waals surface area contributed by atoms with Crippen molar-refractivity contribution in [3.63, 3.8) is 0 Å². The van der Waals surface area contributed by atoms with Crippen LogP contribution >= 0.6 is 11.3 Å². The van der Waals surface area contributed by atoms with Crippen molar-refractivity contribution in [3.05, 3.63) is 82.0 Å². The lowest BCUT2D eigenvalue weighted by Crippen LogP contribution is -2.19. The van der Waals surface area contributed by atoms with Crippen molar-refractivity contribution in [3.8, 4) is 5.75 Å². The van der Waals surface area contributed by atoms with E-state index in [0.717, 1.165) is 10.2 Å². The Labute approximate surface area is 163 Å². The standard InChI is InChI=1S/C21H16N2O4S/c1-3-10-23-16-9-8-14(26-2)12-18(16)28-21(23)22-19(24)15-11-13-6-4-5-7-17(13)27-20(15)25/h3-9,11-12H,1,10H2,2H3. The van der Waals surface area contributed by atoms with Gasteiger partial charge in [0.2, 0.25) is 0 Å². The third-order valence-electron chi connectivity index (χ3n) is 4.27. The normalized spacial score (nSPS) is 11.8. The molecule has 4 aromatic rings. The number of ether oxygens (including phenoxy) is 1. The number of amides is 1. The first-order valence-electron chi connectivity index (χ1n) is 8.51. The molecule has 2 heterocycles. The first kappa shape index (κ1) is 17.9. The van der Waals surface area contributed by atoms with Gasteiger partial charge in [0.25, 0.3) is 5.91 Å². The highest BCUT2D eigenvalue weighted by Gasteiger charge is 2.14. The maximum Gasteiger partial charge on any atom is 0.349 e. The summed E-state index contributed by atoms with van der Waals surface area (Å²) in [4.78, 5) is 29.7. The quantitative estimate of drug-likeness (QED) is 0.392. The van der Waals surface area contributed by atoms with Gasteiger partial charge in [-0.15, -0.1) is 6.58 Å². The fraction of sp³-hybridized carbons (Fsp3) is 0.0952. The average Bonchev–Trinajstić information content (AvgIpc) is 3.03. The molecule has 2 aromatic heterocycles. The van der Waals surface area contributed by atoms with Crippen molar-refractivity contribution >= 4 is 38.4 Å². The Balaban J connectivity index is 1.88. The van der Waals surface area contributed by atoms with Gasteiger partial charge in [0.15, 0.2) is 4.80 Å². The third-order valence-corrected chi connectivity index (χ3v) is 5.31. The van der Waals surface area contributed by atoms with Gasteiger partial charge in [-0.1, -0.05) is 35.6 Å². The molecule has 28 heavy (non-hydrogen) atoms. The zero-order valence-corrected chi connectivity index (χ0v) is 15.9. The van der Waals surface area contributed by atoms with Gasteiger partial charge in [-0.2, -0.15) is 4.99 Å². The Bertz CT molecular complexity index is 1340. The number of carbonyl (C=O) groups is 1. The first-order chi connectivity index (χ1) is 13.6. The number of fused-ring (bicyclic) bond motifs is 2. The minimum absolute atomic E-state index is 0.0983. The molecular weight excluding hydrogens is 376 g/mol. The second-order valence-electron chi connectivity index (χ2n) is 6.02. The Morgan fingerprint density at radius 2 is 2.11 bits per heavy atom. The predicted octanol–water partition coefficient (Wildman–Crippen LogP) is 3.74. The van der Waals surface area contributed by atoms with E-state index >= 15 is 0 Å². The molecule has 0 atom stereocenters. The second kappa shape index (κ2) is 7.28. The molecule has 140 valence electrons. The van der Waals surface area contributed by atoms with Crippen molar-refractivity contribution in [2.45, 2.75) is 6.54 Å². The zero-order chi connectivity index (χ0) is 19.7. The van der Waals surface area contributed by atoms with Gasteiger partial charge in [0, 0.05) is 11.9 Å². The molecule has 6 nitrogen and oxygen atoms in total. The Hall–Kier alpha value is -3.45. The van der Waals surface area contributed by atoms with Gasteiger partial charge in [-0.05, 0) is 30.3 Å². The van der Waals surface area contributed by atoms with E-state index in [0.29, 0.717) is 28.1 Å². The highest BCUT2D eigenvalue weighted by atomic mass is 32.1. The van der Waals surface area contributed by atoms with Crippen LogP contribution in [0.25, 0.3) is 21.2 Å². The van der Waals surface area contributed by atoms with E-state index in [1.165, 1.54) is 17.4 Å². The molecule has 0 saturated carbocycles. The van der Waals surface area contributed by atoms with Crippen LogP contribution in [0, 0.1) is 0 Å². The number of para-hydroxylation sites is 1. The lowest BCUT2D eigenvalue weighted by atomic mass is 10.2. The lowest BCUT2D eigenvalue weighted by Gasteiger charge is -2.02. The van der Waals surface area contributed by atoms with E-state index in [1.54, 1.807) is 31.4 Å². The van der Waals surface area contributed by atoms with E-state index in [4.69, 9.17) is 9.15 Å². The van der Waals surface area contributed by atoms with Crippen molar-refractivity contribution < 1.29 is 13.9 Å². The molecule has 4 rings (SSSR count). The SMILES string of the molecule is C=CCn1c(=NC(=O)c2cc3ccccc3oc2=O)sc2cc(OC)ccc21. The van der Waals surface area contributed by atoms with Crippen LogP contribution in [-0.2, 0) is 6.54 Å². The van der Waals surface area contributed by atoms with Gasteiger partial charge in [0.05, 0.1) is 17.3 Å². The highest BCUT2D eigenvalue weighted by molar-refractivity contribution is 7.16. The Morgan fingerprint density at radius 1 is 1.29 bits per heavy atom. The summed E-state index contributed by atoms with van der Waals surface area (Å²) in [6.45, 7) is 4.25. The van der Waals surface area contributed by atoms with E-state index in [2.05, 4.69) is 11.6 Å². The van der Waals surface area contributed by atoms with Gasteiger partial charge < -0.3 is 13.7 Å². The molecule has 7 heteroatoms. The van der Waals surface area contributed by atoms with E-state index in [-0.39, 0.29) is 5.56 Å². The van der Waals surface area contributed by atoms with E-state index in [9.17, 15) is 9.59 Å². The summed E-state index contributed by atoms with van der Waals surface area (Å²) in [7, 11) is 1.60. The van der Waals surface area contributed by atoms with Crippen molar-refractivity contribution in [1.29, 1.82) is 0 Å². The number of rotatable bonds is 4. The molecule has 0 aliphatic rings. The summed E-state index contributed by atoms with van der Waals surface area (Å²) in [5.41, 5.74) is 0.534. The molecular formula is C21H16N2O4S. The minimum atomic E-state index is -0.703. The van der Waals surface area contributed by atoms with Gasteiger partial charge in [0.1, 0.15) is 16.9 Å². The summed E-state index contributed by atoms with van der Waals surface area (Å²) >= 11 is 1.34. The number of carbonyl (C=O) groups excluding carboxylic acids is 1. The smallest absolute Gasteiger partial charge is 0.349 e. The van der Waals surface area contributed by atoms with Crippen molar-refractivity contribution in [2.75, 3.05) is 7.11 Å². The van der Waals surface area contributed by atoms with Crippen LogP contribution in [0.15, 0.2) is 75.4 Å². The van der Waals surface area contributed by atoms with Crippen molar-refractivity contribution in [2.24, 2.45) is 4.99 Å². The second-order valence-corrected chi connectivity index (χ2v) is 7.03. The molecule has 0 unspecified atom stereocenters. The number of methoxy groups -OCH3 is 1. The fourth-order valence-corrected chi connectivity index (χ4v) is 4.00. The average molecular weight is 392 g/mol. The molecule has 2 aromatic carbocycles. The first-order valence-corrected chi connectivity index (χ1v) is 9.32. The highest BCUT2D eigenvalue weighted by Crippen LogP contribution is 2.23. The molecule has 0 N–H and O–H groups in total. The Kier molecular flexibility index (Phi) is 4.67. The number of thiazole rings is 1. The maximum atomic E-state index is 12.8. The third kappa shape index (κ3) is 3.16. The number of hydrogen-bond donors (Lipinski definition) is 0. The maximum absolute atomic E-state index is 12.8. The Morgan fingerprint density at radius 3 is 2.89 bits per heavy atom. The van der Waals surface area contributed by atoms with Crippen LogP contribution in [-0.4, -0.2) is 17.6 Å². The predicted molar refractivity (Wildman–Crippen MR) is 109 cm³/mol. The van der Waals surface area contributed by atoms with Crippen LogP contribution < -0.4 is 15.2 Å². The number of allylic oxidation sites excluding steroid dienone is 1. The summed E-state index contributed by atoms with van der Waals surface area (Å²) in [5.74, 6) is 0.0726. The molecule has 0 spiro atoms. The van der Waals surface area contributed by atoms with Crippen LogP contribution in [0.3, 0.4) is 0 Å². The molecule has 1 amide bonds. The molecule has 0 bridgehead atoms. The van der Waals surface area contributed by atoms with E-state index in [1.807, 2.05) is 28.8 Å². The van der Waals surface area contributed by atoms with Crippen LogP contribution in [0.2, 0.25) is 0 Å². The lowest BCUT2D eigenvalue weighted by molar-refractivity contribution is 0.0994. The number of hydrogen-bond acceptors (Lipinski definition) is 5. The molecule has 0 aliphatic carbocycles. The van der Waals surface area contributed by atoms with Gasteiger partial charge >= 0.3 is 5.63 Å². The number of benzene rings is 2. The minimum Gasteiger partial charge on any atom is -0.497 e. The van der Waals surface area contributed by atoms with Crippen LogP contribution in [0.1, 0.15) is 10.4 Å². The largest absolute Gasteiger partial charge is 0.497 e. The molecule has 0 saturated heterocycles. The van der Waals surface area contributed by atoms with Crippen molar-refractivity contribution in [1.82, 2.24) is 4.57 Å². The zero-order valence-electron chi connectivity index (χ0n) is 15.0. The van der Waals surface area contributed by atoms with Gasteiger partial charge in [-0.3, -0.25) is 4.79 Å². The molecule has 0 aliphatic heterocycles. The summed E-state index contributed by atoms with van der Waals surface area (Å²) in [5, 5.41) is 0.667. The number of aromatic nitrogens is 1. The van der Waals surface area contributed by atoms with E-state index < -0.39 is 11.5 Å². The topological polar surface area (TPSA) is 73.8 Å². The van der Waals surface area contributed by atoms with Gasteiger partial charge in [-0.25, -0.2) is 4.79 Å². The summed E-state index contributed by atoms with van der Waals surface area (Å²) in [6.07, 6.45) is 1.73. The summed E-state index contributed by atoms with van der Waals surface area (Å²) in [6, 6.07) is 14.2. The number of nitrogens with zero attached hydrogens (tertiary/aromatic N) is 2. The van der Waals surface area contributed by atoms with Crippen LogP contribution in [0.5, 0.6) is 5.75 Å². The monoisotopic (exact) mass is 392 g/mol. The summed E-state index contributed by atoms with van der Waals surface area (Å²) < 4.78 is 13.3. The molecule has 0 radical (unpaired) electrons. The molecule has 0 fully saturated rings. The van der Waals surface area contributed by atoms with Crippen LogP contribution in [0.4, 0.5) is 0 Å².